The van der Waals surface area contributed by atoms with Crippen LogP contribution in [-0.2, 0) is 0 Å². The summed E-state index contributed by atoms with van der Waals surface area (Å²) in [4.78, 5) is 0. The van der Waals surface area contributed by atoms with Gasteiger partial charge in [0, 0.05) is 11.1 Å². The fraction of sp³-hybridized carbons (Fsp3) is 0.286. The van der Waals surface area contributed by atoms with E-state index in [9.17, 15) is 0 Å². The molecule has 0 aliphatic heterocycles. The number of rotatable bonds is 5. The lowest BCUT2D eigenvalue weighted by Crippen LogP contribution is -2.10. The number of aromatic nitrogens is 2. The number of aryl methyl sites for hydroxylation is 2. The molecule has 0 N–H and O–H groups in total. The van der Waals surface area contributed by atoms with Crippen LogP contribution in [0.25, 0.3) is 0 Å². The smallest absolute Gasteiger partial charge is 0.233 e. The lowest BCUT2D eigenvalue weighted by atomic mass is 10.2. The molecule has 4 nitrogen and oxygen atoms in total. The van der Waals surface area contributed by atoms with Crippen LogP contribution in [0.3, 0.4) is 0 Å². The maximum absolute atomic E-state index is 5.86. The van der Waals surface area contributed by atoms with E-state index in [1.54, 1.807) is 12.1 Å². The summed E-state index contributed by atoms with van der Waals surface area (Å²) < 4.78 is 11.0. The second kappa shape index (κ2) is 6.38. The topological polar surface area (TPSA) is 44.2 Å². The quantitative estimate of drug-likeness (QED) is 0.788. The van der Waals surface area contributed by atoms with Crippen LogP contribution in [0, 0.1) is 13.8 Å². The summed E-state index contributed by atoms with van der Waals surface area (Å²) in [5.74, 6) is 1.24. The van der Waals surface area contributed by atoms with E-state index >= 15 is 0 Å². The molecular formula is C14H15ClN2O2. The normalized spacial score (nSPS) is 10.3. The van der Waals surface area contributed by atoms with Gasteiger partial charge >= 0.3 is 0 Å². The van der Waals surface area contributed by atoms with Crippen LogP contribution >= 0.6 is 11.6 Å². The Morgan fingerprint density at radius 1 is 1.05 bits per heavy atom. The first kappa shape index (κ1) is 13.6. The van der Waals surface area contributed by atoms with Gasteiger partial charge in [-0.2, -0.15) is 5.10 Å². The molecule has 1 heterocycles. The molecule has 2 aromatic rings. The fourth-order valence-corrected chi connectivity index (χ4v) is 1.64. The second-order valence-electron chi connectivity index (χ2n) is 4.11. The molecule has 0 spiro atoms. The van der Waals surface area contributed by atoms with Crippen LogP contribution in [0.5, 0.6) is 11.6 Å². The van der Waals surface area contributed by atoms with Gasteiger partial charge in [-0.1, -0.05) is 17.7 Å². The van der Waals surface area contributed by atoms with Crippen LogP contribution in [-0.4, -0.2) is 23.4 Å². The number of nitrogens with zero attached hydrogens (tertiary/aromatic N) is 2. The molecule has 0 aliphatic carbocycles. The van der Waals surface area contributed by atoms with Gasteiger partial charge < -0.3 is 9.47 Å². The third-order valence-electron chi connectivity index (χ3n) is 2.61. The van der Waals surface area contributed by atoms with Crippen LogP contribution in [0.15, 0.2) is 30.3 Å². The van der Waals surface area contributed by atoms with Crippen molar-refractivity contribution >= 4 is 11.6 Å². The van der Waals surface area contributed by atoms with Gasteiger partial charge in [0.25, 0.3) is 0 Å². The Bertz CT molecular complexity index is 561. The van der Waals surface area contributed by atoms with Gasteiger partial charge in [-0.15, -0.1) is 5.10 Å². The highest BCUT2D eigenvalue weighted by molar-refractivity contribution is 6.30. The summed E-state index contributed by atoms with van der Waals surface area (Å²) in [7, 11) is 0. The highest BCUT2D eigenvalue weighted by atomic mass is 35.5. The van der Waals surface area contributed by atoms with Crippen molar-refractivity contribution in [3.8, 4) is 11.6 Å². The summed E-state index contributed by atoms with van der Waals surface area (Å²) in [5, 5.41) is 8.59. The van der Waals surface area contributed by atoms with Gasteiger partial charge in [-0.25, -0.2) is 0 Å². The lowest BCUT2D eigenvalue weighted by molar-refractivity contribution is 0.210. The molecule has 0 unspecified atom stereocenters. The summed E-state index contributed by atoms with van der Waals surface area (Å²) in [6.45, 7) is 4.71. The van der Waals surface area contributed by atoms with Crippen LogP contribution in [0.4, 0.5) is 0 Å². The average molecular weight is 279 g/mol. The predicted octanol–water partition coefficient (Wildman–Crippen LogP) is 3.20. The Morgan fingerprint density at radius 2 is 1.84 bits per heavy atom. The molecule has 0 saturated carbocycles. The molecule has 0 amide bonds. The molecular weight excluding hydrogens is 264 g/mol. The molecule has 0 atom stereocenters. The summed E-state index contributed by atoms with van der Waals surface area (Å²) in [6.07, 6.45) is 0. The summed E-state index contributed by atoms with van der Waals surface area (Å²) in [5.41, 5.74) is 1.96. The Labute approximate surface area is 117 Å². The largest absolute Gasteiger partial charge is 0.490 e. The number of hydrogen-bond donors (Lipinski definition) is 0. The zero-order chi connectivity index (χ0) is 13.7. The number of hydrogen-bond acceptors (Lipinski definition) is 4. The molecule has 0 radical (unpaired) electrons. The van der Waals surface area contributed by atoms with Crippen molar-refractivity contribution in [2.24, 2.45) is 0 Å². The van der Waals surface area contributed by atoms with Crippen LogP contribution in [0.1, 0.15) is 11.3 Å². The van der Waals surface area contributed by atoms with E-state index in [1.807, 2.05) is 32.0 Å². The van der Waals surface area contributed by atoms with E-state index in [2.05, 4.69) is 10.2 Å². The van der Waals surface area contributed by atoms with Crippen LogP contribution < -0.4 is 9.47 Å². The lowest BCUT2D eigenvalue weighted by Gasteiger charge is -2.08. The Hall–Kier alpha value is -1.81. The van der Waals surface area contributed by atoms with Gasteiger partial charge in [0.1, 0.15) is 19.0 Å². The first-order chi connectivity index (χ1) is 9.15. The third kappa shape index (κ3) is 4.10. The highest BCUT2D eigenvalue weighted by Crippen LogP contribution is 2.17. The molecule has 1 aromatic carbocycles. The van der Waals surface area contributed by atoms with E-state index < -0.39 is 0 Å². The van der Waals surface area contributed by atoms with Crippen molar-refractivity contribution in [2.45, 2.75) is 13.8 Å². The van der Waals surface area contributed by atoms with E-state index in [4.69, 9.17) is 21.1 Å². The number of benzene rings is 1. The molecule has 5 heteroatoms. The van der Waals surface area contributed by atoms with Gasteiger partial charge in [0.15, 0.2) is 0 Å². The van der Waals surface area contributed by atoms with Gasteiger partial charge in [0.05, 0.1) is 5.69 Å². The van der Waals surface area contributed by atoms with Crippen molar-refractivity contribution in [1.29, 1.82) is 0 Å². The monoisotopic (exact) mass is 278 g/mol. The minimum atomic E-state index is 0.406. The maximum atomic E-state index is 5.86. The van der Waals surface area contributed by atoms with Gasteiger partial charge in [0.2, 0.25) is 5.88 Å². The molecule has 0 fully saturated rings. The van der Waals surface area contributed by atoms with Crippen LogP contribution in [0.2, 0.25) is 5.02 Å². The third-order valence-corrected chi connectivity index (χ3v) is 2.84. The summed E-state index contributed by atoms with van der Waals surface area (Å²) in [6, 6.07) is 9.11. The molecule has 0 aliphatic rings. The predicted molar refractivity (Wildman–Crippen MR) is 73.9 cm³/mol. The Morgan fingerprint density at radius 3 is 2.58 bits per heavy atom. The van der Waals surface area contributed by atoms with Crippen molar-refractivity contribution in [3.63, 3.8) is 0 Å². The molecule has 0 saturated heterocycles. The van der Waals surface area contributed by atoms with Gasteiger partial charge in [-0.05, 0) is 37.6 Å². The average Bonchev–Trinajstić information content (AvgIpc) is 2.39. The van der Waals surface area contributed by atoms with E-state index in [-0.39, 0.29) is 0 Å². The molecule has 100 valence electrons. The molecule has 0 bridgehead atoms. The van der Waals surface area contributed by atoms with Crippen molar-refractivity contribution in [3.05, 3.63) is 46.6 Å². The first-order valence-corrected chi connectivity index (χ1v) is 6.35. The molecule has 1 aromatic heterocycles. The maximum Gasteiger partial charge on any atom is 0.233 e. The first-order valence-electron chi connectivity index (χ1n) is 5.97. The van der Waals surface area contributed by atoms with Gasteiger partial charge in [-0.3, -0.25) is 0 Å². The Balaban J connectivity index is 1.79. The van der Waals surface area contributed by atoms with E-state index in [0.717, 1.165) is 17.0 Å². The molecule has 19 heavy (non-hydrogen) atoms. The van der Waals surface area contributed by atoms with Crippen molar-refractivity contribution < 1.29 is 9.47 Å². The SMILES string of the molecule is Cc1cc(OCCOc2cccc(Cl)c2)nnc1C. The van der Waals surface area contributed by atoms with Crippen molar-refractivity contribution in [2.75, 3.05) is 13.2 Å². The van der Waals surface area contributed by atoms with E-state index in [0.29, 0.717) is 24.1 Å². The second-order valence-corrected chi connectivity index (χ2v) is 4.54. The van der Waals surface area contributed by atoms with E-state index in [1.165, 1.54) is 0 Å². The van der Waals surface area contributed by atoms with Crippen molar-refractivity contribution in [1.82, 2.24) is 10.2 Å². The molecule has 2 rings (SSSR count). The number of ether oxygens (including phenoxy) is 2. The standard InChI is InChI=1S/C14H15ClN2O2/c1-10-8-14(17-16-11(10)2)19-7-6-18-13-5-3-4-12(15)9-13/h3-5,8-9H,6-7H2,1-2H3. The highest BCUT2D eigenvalue weighted by Gasteiger charge is 2.01. The zero-order valence-corrected chi connectivity index (χ0v) is 11.6. The zero-order valence-electron chi connectivity index (χ0n) is 10.9. The fourth-order valence-electron chi connectivity index (χ4n) is 1.45. The Kier molecular flexibility index (Phi) is 4.58. The number of halogens is 1. The summed E-state index contributed by atoms with van der Waals surface area (Å²) >= 11 is 5.86. The minimum absolute atomic E-state index is 0.406. The minimum Gasteiger partial charge on any atom is -0.490 e.